The third-order valence-corrected chi connectivity index (χ3v) is 5.48. The van der Waals surface area contributed by atoms with E-state index >= 15 is 0 Å². The number of carboxylic acid groups (broad SMARTS) is 1. The highest BCUT2D eigenvalue weighted by Crippen LogP contribution is 2.25. The van der Waals surface area contributed by atoms with Gasteiger partial charge in [-0.05, 0) is 49.2 Å². The van der Waals surface area contributed by atoms with Gasteiger partial charge in [0.1, 0.15) is 11.8 Å². The highest BCUT2D eigenvalue weighted by molar-refractivity contribution is 6.39. The van der Waals surface area contributed by atoms with Gasteiger partial charge in [-0.1, -0.05) is 53.6 Å². The molecule has 180 valence electrons. The maximum Gasteiger partial charge on any atom is 0.326 e. The van der Waals surface area contributed by atoms with Crippen molar-refractivity contribution in [1.82, 2.24) is 15.3 Å². The summed E-state index contributed by atoms with van der Waals surface area (Å²) < 4.78 is 0. The lowest BCUT2D eigenvalue weighted by molar-refractivity contribution is -0.139. The number of carbonyl (C=O) groups excluding carboxylic acids is 2. The number of hydrogen-bond acceptors (Lipinski definition) is 6. The number of aliphatic carboxylic acids is 1. The van der Waals surface area contributed by atoms with Crippen molar-refractivity contribution in [2.75, 3.05) is 11.4 Å². The molecule has 8 nitrogen and oxygen atoms in total. The lowest BCUT2D eigenvalue weighted by atomic mass is 10.1. The van der Waals surface area contributed by atoms with Crippen molar-refractivity contribution in [1.29, 1.82) is 0 Å². The molecule has 3 rings (SSSR count). The van der Waals surface area contributed by atoms with Gasteiger partial charge in [0.05, 0.1) is 22.2 Å². The molecular weight excluding hydrogens is 491 g/mol. The highest BCUT2D eigenvalue weighted by Gasteiger charge is 2.22. The predicted octanol–water partition coefficient (Wildman–Crippen LogP) is 4.80. The Hall–Kier alpha value is -3.75. The second kappa shape index (κ2) is 12.1. The van der Waals surface area contributed by atoms with Crippen LogP contribution in [0.3, 0.4) is 0 Å². The molecule has 0 bridgehead atoms. The Morgan fingerprint density at radius 1 is 1.03 bits per heavy atom. The van der Waals surface area contributed by atoms with Crippen molar-refractivity contribution >= 4 is 58.6 Å². The first-order valence-corrected chi connectivity index (χ1v) is 11.3. The molecule has 2 aromatic carbocycles. The van der Waals surface area contributed by atoms with E-state index in [4.69, 9.17) is 23.2 Å². The summed E-state index contributed by atoms with van der Waals surface area (Å²) in [5, 5.41) is 12.2. The normalized spacial score (nSPS) is 11.7. The second-order valence-electron chi connectivity index (χ2n) is 7.53. The van der Waals surface area contributed by atoms with Crippen LogP contribution in [0.2, 0.25) is 10.0 Å². The van der Waals surface area contributed by atoms with Gasteiger partial charge in [0.15, 0.2) is 0 Å². The van der Waals surface area contributed by atoms with Crippen molar-refractivity contribution in [3.8, 4) is 0 Å². The van der Waals surface area contributed by atoms with Crippen molar-refractivity contribution in [3.63, 3.8) is 0 Å². The molecule has 1 atom stereocenters. The first kappa shape index (κ1) is 25.9. The zero-order valence-corrected chi connectivity index (χ0v) is 20.2. The number of nitrogens with one attached hydrogen (secondary N) is 1. The summed E-state index contributed by atoms with van der Waals surface area (Å²) >= 11 is 12.1. The monoisotopic (exact) mass is 512 g/mol. The number of benzene rings is 2. The number of carbonyl (C=O) groups is 3. The lowest BCUT2D eigenvalue weighted by Gasteiger charge is -2.21. The predicted molar refractivity (Wildman–Crippen MR) is 135 cm³/mol. The van der Waals surface area contributed by atoms with Gasteiger partial charge >= 0.3 is 5.97 Å². The third-order valence-electron chi connectivity index (χ3n) is 4.85. The molecule has 0 aliphatic heterocycles. The molecule has 35 heavy (non-hydrogen) atoms. The molecule has 0 fully saturated rings. The summed E-state index contributed by atoms with van der Waals surface area (Å²) in [6.45, 7) is 1.61. The number of ketones is 1. The van der Waals surface area contributed by atoms with Crippen LogP contribution in [0, 0.1) is 0 Å². The maximum atomic E-state index is 12.5. The number of amides is 1. The minimum atomic E-state index is -1.19. The number of halogens is 2. The van der Waals surface area contributed by atoms with Gasteiger partial charge in [-0.3, -0.25) is 9.59 Å². The van der Waals surface area contributed by atoms with Crippen LogP contribution in [0.15, 0.2) is 67.0 Å². The maximum absolute atomic E-state index is 12.5. The number of aromatic nitrogens is 2. The van der Waals surface area contributed by atoms with Crippen LogP contribution in [0.4, 0.5) is 11.6 Å². The average molecular weight is 513 g/mol. The van der Waals surface area contributed by atoms with Gasteiger partial charge in [-0.2, -0.15) is 0 Å². The van der Waals surface area contributed by atoms with E-state index in [1.807, 2.05) is 24.3 Å². The molecule has 1 amide bonds. The zero-order valence-electron chi connectivity index (χ0n) is 18.7. The summed E-state index contributed by atoms with van der Waals surface area (Å²) in [7, 11) is 0. The van der Waals surface area contributed by atoms with Crippen molar-refractivity contribution in [2.45, 2.75) is 19.4 Å². The first-order valence-electron chi connectivity index (χ1n) is 10.5. The molecule has 0 spiro atoms. The SMILES string of the molecule is CC(=O)CN(c1ccc(/C=C/CC(NC(=O)c2c(Cl)cccc2Cl)C(=O)O)cc1)c1ncccn1. The number of anilines is 2. The van der Waals surface area contributed by atoms with Crippen LogP contribution in [0.25, 0.3) is 6.08 Å². The van der Waals surface area contributed by atoms with E-state index < -0.39 is 17.9 Å². The molecular formula is C25H22Cl2N4O4. The van der Waals surface area contributed by atoms with Crippen molar-refractivity contribution in [2.24, 2.45) is 0 Å². The third kappa shape index (κ3) is 7.11. The van der Waals surface area contributed by atoms with Crippen LogP contribution in [-0.2, 0) is 9.59 Å². The molecule has 0 aliphatic carbocycles. The minimum Gasteiger partial charge on any atom is -0.480 e. The van der Waals surface area contributed by atoms with Gasteiger partial charge in [0, 0.05) is 18.1 Å². The lowest BCUT2D eigenvalue weighted by Crippen LogP contribution is -2.40. The Bertz CT molecular complexity index is 1210. The van der Waals surface area contributed by atoms with E-state index in [9.17, 15) is 19.5 Å². The molecule has 0 saturated carbocycles. The number of rotatable bonds is 10. The number of hydrogen-bond donors (Lipinski definition) is 2. The fraction of sp³-hybridized carbons (Fsp3) is 0.160. The smallest absolute Gasteiger partial charge is 0.326 e. The van der Waals surface area contributed by atoms with Gasteiger partial charge in [0.25, 0.3) is 5.91 Å². The second-order valence-corrected chi connectivity index (χ2v) is 8.34. The van der Waals surface area contributed by atoms with E-state index in [-0.39, 0.29) is 34.4 Å². The summed E-state index contributed by atoms with van der Waals surface area (Å²) in [6.07, 6.45) is 6.63. The first-order chi connectivity index (χ1) is 16.8. The van der Waals surface area contributed by atoms with Crippen LogP contribution in [0.1, 0.15) is 29.3 Å². The summed E-state index contributed by atoms with van der Waals surface area (Å²) in [6, 6.07) is 12.4. The number of Topliss-reactive ketones (excluding diaryl/α,β-unsaturated/α-hetero) is 1. The molecule has 3 aromatic rings. The van der Waals surface area contributed by atoms with E-state index in [1.165, 1.54) is 19.1 Å². The number of nitrogens with zero attached hydrogens (tertiary/aromatic N) is 3. The molecule has 0 radical (unpaired) electrons. The van der Waals surface area contributed by atoms with E-state index in [1.54, 1.807) is 41.6 Å². The molecule has 0 saturated heterocycles. The fourth-order valence-electron chi connectivity index (χ4n) is 3.20. The van der Waals surface area contributed by atoms with Gasteiger partial charge < -0.3 is 15.3 Å². The quantitative estimate of drug-likeness (QED) is 0.401. The Kier molecular flexibility index (Phi) is 8.94. The van der Waals surface area contributed by atoms with Crippen molar-refractivity contribution < 1.29 is 19.5 Å². The number of carboxylic acids is 1. The fourth-order valence-corrected chi connectivity index (χ4v) is 3.77. The highest BCUT2D eigenvalue weighted by atomic mass is 35.5. The molecule has 1 unspecified atom stereocenters. The Balaban J connectivity index is 1.69. The largest absolute Gasteiger partial charge is 0.480 e. The van der Waals surface area contributed by atoms with Gasteiger partial charge in [-0.25, -0.2) is 14.8 Å². The summed E-state index contributed by atoms with van der Waals surface area (Å²) in [5.41, 5.74) is 1.56. The summed E-state index contributed by atoms with van der Waals surface area (Å²) in [5.74, 6) is -1.49. The van der Waals surface area contributed by atoms with Gasteiger partial charge in [-0.15, -0.1) is 0 Å². The van der Waals surface area contributed by atoms with Crippen molar-refractivity contribution in [3.05, 3.63) is 88.2 Å². The molecule has 0 aliphatic rings. The molecule has 2 N–H and O–H groups in total. The Morgan fingerprint density at radius 2 is 1.66 bits per heavy atom. The Morgan fingerprint density at radius 3 is 2.23 bits per heavy atom. The molecule has 1 heterocycles. The van der Waals surface area contributed by atoms with E-state index in [0.717, 1.165) is 11.3 Å². The molecule has 1 aromatic heterocycles. The standard InChI is InChI=1S/C25H22Cl2N4O4/c1-16(32)15-31(25-28-13-4-14-29-25)18-11-9-17(10-12-18)5-2-8-21(24(34)35)30-23(33)22-19(26)6-3-7-20(22)27/h2-7,9-14,21H,8,15H2,1H3,(H,30,33)(H,34,35)/b5-2+. The topological polar surface area (TPSA) is 112 Å². The average Bonchev–Trinajstić information content (AvgIpc) is 2.82. The zero-order chi connectivity index (χ0) is 25.4. The Labute approximate surface area is 212 Å². The van der Waals surface area contributed by atoms with E-state index in [0.29, 0.717) is 5.95 Å². The van der Waals surface area contributed by atoms with Crippen LogP contribution in [-0.4, -0.2) is 45.3 Å². The van der Waals surface area contributed by atoms with Crippen LogP contribution >= 0.6 is 23.2 Å². The van der Waals surface area contributed by atoms with E-state index in [2.05, 4.69) is 15.3 Å². The van der Waals surface area contributed by atoms with Gasteiger partial charge in [0.2, 0.25) is 5.95 Å². The summed E-state index contributed by atoms with van der Waals surface area (Å²) in [4.78, 5) is 46.0. The minimum absolute atomic E-state index is 0.0270. The van der Waals surface area contributed by atoms with Crippen LogP contribution in [0.5, 0.6) is 0 Å². The van der Waals surface area contributed by atoms with Crippen LogP contribution < -0.4 is 10.2 Å². The molecule has 10 heteroatoms.